The summed E-state index contributed by atoms with van der Waals surface area (Å²) in [5, 5.41) is 0. The summed E-state index contributed by atoms with van der Waals surface area (Å²) < 4.78 is 10.6. The molecule has 1 aromatic heterocycles. The quantitative estimate of drug-likeness (QED) is 0.726. The van der Waals surface area contributed by atoms with Crippen molar-refractivity contribution in [2.24, 2.45) is 5.92 Å². The van der Waals surface area contributed by atoms with Crippen molar-refractivity contribution in [3.8, 4) is 5.75 Å². The zero-order chi connectivity index (χ0) is 13.7. The van der Waals surface area contributed by atoms with Gasteiger partial charge in [0.25, 0.3) is 0 Å². The van der Waals surface area contributed by atoms with Gasteiger partial charge in [0.15, 0.2) is 0 Å². The molecule has 3 heteroatoms. The van der Waals surface area contributed by atoms with Crippen LogP contribution in [0.15, 0.2) is 9.21 Å². The van der Waals surface area contributed by atoms with Gasteiger partial charge in [0.05, 0.1) is 12.7 Å². The van der Waals surface area contributed by atoms with Crippen LogP contribution in [0.3, 0.4) is 0 Å². The molecule has 0 fully saturated rings. The van der Waals surface area contributed by atoms with Crippen LogP contribution in [0.5, 0.6) is 5.75 Å². The Bertz CT molecular complexity index is 444. The molecule has 0 amide bonds. The van der Waals surface area contributed by atoms with E-state index in [0.717, 1.165) is 36.5 Å². The van der Waals surface area contributed by atoms with Crippen molar-refractivity contribution in [1.82, 2.24) is 0 Å². The van der Waals surface area contributed by atoms with Crippen LogP contribution in [0.2, 0.25) is 0 Å². The topological polar surface area (TPSA) is 39.4 Å². The van der Waals surface area contributed by atoms with Gasteiger partial charge in [-0.2, -0.15) is 0 Å². The zero-order valence-electron chi connectivity index (χ0n) is 12.1. The lowest BCUT2D eigenvalue weighted by Gasteiger charge is -2.11. The van der Waals surface area contributed by atoms with E-state index in [1.165, 1.54) is 6.42 Å². The van der Waals surface area contributed by atoms with Crippen LogP contribution in [0.1, 0.15) is 50.0 Å². The zero-order valence-corrected chi connectivity index (χ0v) is 12.1. The van der Waals surface area contributed by atoms with Gasteiger partial charge in [-0.05, 0) is 26.2 Å². The predicted molar refractivity (Wildman–Crippen MR) is 73.4 cm³/mol. The van der Waals surface area contributed by atoms with Crippen molar-refractivity contribution in [2.45, 2.75) is 53.4 Å². The molecule has 0 saturated heterocycles. The van der Waals surface area contributed by atoms with Gasteiger partial charge in [0.2, 0.25) is 0 Å². The van der Waals surface area contributed by atoms with E-state index in [1.807, 2.05) is 6.92 Å². The summed E-state index contributed by atoms with van der Waals surface area (Å²) in [6.45, 7) is 8.13. The van der Waals surface area contributed by atoms with Gasteiger partial charge in [-0.3, -0.25) is 0 Å². The van der Waals surface area contributed by atoms with E-state index in [9.17, 15) is 4.79 Å². The van der Waals surface area contributed by atoms with Gasteiger partial charge in [0, 0.05) is 12.0 Å². The summed E-state index contributed by atoms with van der Waals surface area (Å²) in [5.74, 6) is 2.17. The molecule has 0 radical (unpaired) electrons. The van der Waals surface area contributed by atoms with E-state index in [1.54, 1.807) is 14.0 Å². The highest BCUT2D eigenvalue weighted by molar-refractivity contribution is 5.39. The molecule has 0 atom stereocenters. The fourth-order valence-corrected chi connectivity index (χ4v) is 2.15. The summed E-state index contributed by atoms with van der Waals surface area (Å²) in [6.07, 6.45) is 4.24. The van der Waals surface area contributed by atoms with Crippen molar-refractivity contribution in [3.05, 3.63) is 27.3 Å². The highest BCUT2D eigenvalue weighted by atomic mass is 16.5. The van der Waals surface area contributed by atoms with Gasteiger partial charge in [-0.1, -0.05) is 26.7 Å². The van der Waals surface area contributed by atoms with E-state index in [4.69, 9.17) is 9.15 Å². The first kappa shape index (κ1) is 14.8. The van der Waals surface area contributed by atoms with Crippen molar-refractivity contribution < 1.29 is 9.15 Å². The second kappa shape index (κ2) is 6.62. The lowest BCUT2D eigenvalue weighted by atomic mass is 10.0. The average Bonchev–Trinajstić information content (AvgIpc) is 2.31. The van der Waals surface area contributed by atoms with Gasteiger partial charge >= 0.3 is 5.63 Å². The maximum Gasteiger partial charge on any atom is 0.342 e. The Morgan fingerprint density at radius 1 is 1.17 bits per heavy atom. The van der Waals surface area contributed by atoms with Gasteiger partial charge in [0.1, 0.15) is 11.5 Å². The molecule has 1 heterocycles. The summed E-state index contributed by atoms with van der Waals surface area (Å²) in [6, 6.07) is 0. The lowest BCUT2D eigenvalue weighted by molar-refractivity contribution is 0.378. The minimum atomic E-state index is -0.281. The third-order valence-corrected chi connectivity index (χ3v) is 3.26. The van der Waals surface area contributed by atoms with E-state index >= 15 is 0 Å². The number of hydrogen-bond donors (Lipinski definition) is 0. The van der Waals surface area contributed by atoms with Crippen LogP contribution >= 0.6 is 0 Å². The molecule has 1 rings (SSSR count). The van der Waals surface area contributed by atoms with Crippen molar-refractivity contribution in [1.29, 1.82) is 0 Å². The number of unbranched alkanes of at least 4 members (excludes halogenated alkanes) is 1. The summed E-state index contributed by atoms with van der Waals surface area (Å²) in [7, 11) is 1.59. The van der Waals surface area contributed by atoms with Crippen molar-refractivity contribution in [3.63, 3.8) is 0 Å². The highest BCUT2D eigenvalue weighted by Gasteiger charge is 2.14. The van der Waals surface area contributed by atoms with Crippen LogP contribution in [0, 0.1) is 19.8 Å². The van der Waals surface area contributed by atoms with Crippen LogP contribution in [-0.4, -0.2) is 7.11 Å². The third kappa shape index (κ3) is 3.62. The molecule has 102 valence electrons. The Kier molecular flexibility index (Phi) is 5.45. The molecular formula is C15H24O3. The second-order valence-corrected chi connectivity index (χ2v) is 5.24. The normalized spacial score (nSPS) is 11.0. The van der Waals surface area contributed by atoms with Gasteiger partial charge in [-0.25, -0.2) is 4.79 Å². The fraction of sp³-hybridized carbons (Fsp3) is 0.667. The monoisotopic (exact) mass is 252 g/mol. The molecule has 0 aliphatic heterocycles. The first-order chi connectivity index (χ1) is 8.47. The second-order valence-electron chi connectivity index (χ2n) is 5.24. The molecule has 1 aromatic rings. The van der Waals surface area contributed by atoms with Crippen LogP contribution in [-0.2, 0) is 6.42 Å². The van der Waals surface area contributed by atoms with Crippen LogP contribution in [0.4, 0.5) is 0 Å². The summed E-state index contributed by atoms with van der Waals surface area (Å²) in [5.41, 5.74) is 1.23. The molecule has 3 nitrogen and oxygen atoms in total. The number of aryl methyl sites for hydroxylation is 1. The van der Waals surface area contributed by atoms with Gasteiger partial charge in [-0.15, -0.1) is 0 Å². The number of ether oxygens (including phenoxy) is 1. The molecule has 0 aliphatic rings. The Balaban J connectivity index is 2.78. The van der Waals surface area contributed by atoms with E-state index in [-0.39, 0.29) is 5.63 Å². The predicted octanol–water partition coefficient (Wildman–Crippen LogP) is 3.63. The van der Waals surface area contributed by atoms with E-state index in [2.05, 4.69) is 13.8 Å². The molecule has 0 aliphatic carbocycles. The third-order valence-electron chi connectivity index (χ3n) is 3.26. The number of rotatable bonds is 6. The number of hydrogen-bond acceptors (Lipinski definition) is 3. The fourth-order valence-electron chi connectivity index (χ4n) is 2.15. The van der Waals surface area contributed by atoms with E-state index < -0.39 is 0 Å². The summed E-state index contributed by atoms with van der Waals surface area (Å²) in [4.78, 5) is 11.7. The number of methoxy groups -OCH3 is 1. The first-order valence-corrected chi connectivity index (χ1v) is 6.64. The minimum absolute atomic E-state index is 0.281. The molecule has 0 bridgehead atoms. The minimum Gasteiger partial charge on any atom is -0.496 e. The SMILES string of the molecule is COc1c(C)c(CCCCC(C)C)oc(=O)c1C. The Labute approximate surface area is 109 Å². The van der Waals surface area contributed by atoms with Crippen molar-refractivity contribution in [2.75, 3.05) is 7.11 Å². The smallest absolute Gasteiger partial charge is 0.342 e. The Morgan fingerprint density at radius 3 is 2.39 bits per heavy atom. The Morgan fingerprint density at radius 2 is 1.83 bits per heavy atom. The largest absolute Gasteiger partial charge is 0.496 e. The Hall–Kier alpha value is -1.25. The molecule has 18 heavy (non-hydrogen) atoms. The van der Waals surface area contributed by atoms with E-state index in [0.29, 0.717) is 11.3 Å². The molecule has 0 N–H and O–H groups in total. The summed E-state index contributed by atoms with van der Waals surface area (Å²) >= 11 is 0. The molecule has 0 aromatic carbocycles. The molecule has 0 saturated carbocycles. The molecule has 0 unspecified atom stereocenters. The van der Waals surface area contributed by atoms with Crippen LogP contribution in [0.25, 0.3) is 0 Å². The highest BCUT2D eigenvalue weighted by Crippen LogP contribution is 2.24. The lowest BCUT2D eigenvalue weighted by Crippen LogP contribution is -2.10. The first-order valence-electron chi connectivity index (χ1n) is 6.64. The maximum atomic E-state index is 11.7. The average molecular weight is 252 g/mol. The van der Waals surface area contributed by atoms with Crippen LogP contribution < -0.4 is 10.4 Å². The standard InChI is InChI=1S/C15H24O3/c1-10(2)8-6-7-9-13-11(3)14(17-5)12(4)15(16)18-13/h10H,6-9H2,1-5H3. The molecular weight excluding hydrogens is 228 g/mol. The van der Waals surface area contributed by atoms with Gasteiger partial charge < -0.3 is 9.15 Å². The van der Waals surface area contributed by atoms with Crippen molar-refractivity contribution >= 4 is 0 Å². The molecule has 0 spiro atoms. The maximum absolute atomic E-state index is 11.7.